The van der Waals surface area contributed by atoms with E-state index in [1.54, 1.807) is 30.3 Å². The Kier molecular flexibility index (Phi) is 4.68. The lowest BCUT2D eigenvalue weighted by atomic mass is 10.2. The Morgan fingerprint density at radius 3 is 2.44 bits per heavy atom. The van der Waals surface area contributed by atoms with Crippen molar-refractivity contribution < 1.29 is 24.5 Å². The topological polar surface area (TPSA) is 83.8 Å². The van der Waals surface area contributed by atoms with Crippen molar-refractivity contribution in [3.63, 3.8) is 0 Å². The molecule has 0 saturated heterocycles. The van der Waals surface area contributed by atoms with Crippen LogP contribution in [0.25, 0.3) is 6.08 Å². The summed E-state index contributed by atoms with van der Waals surface area (Å²) >= 11 is 0. The highest BCUT2D eigenvalue weighted by atomic mass is 16.5. The standard InChI is InChI=1S/C13H12O5/c1-18-10-6-2-4-9(8-10)5-3-7-11(12(14)15)13(16)17/h2-8H,1H3,(H,14,15)(H,16,17)/b5-3-. The quantitative estimate of drug-likeness (QED) is 0.359. The van der Waals surface area contributed by atoms with E-state index >= 15 is 0 Å². The minimum Gasteiger partial charge on any atom is -0.497 e. The SMILES string of the molecule is COc1cccc(/C=C\C=C(C(=O)O)C(=O)O)c1. The van der Waals surface area contributed by atoms with Crippen LogP contribution in [-0.2, 0) is 9.59 Å². The lowest BCUT2D eigenvalue weighted by Crippen LogP contribution is -2.10. The summed E-state index contributed by atoms with van der Waals surface area (Å²) < 4.78 is 5.02. The maximum Gasteiger partial charge on any atom is 0.343 e. The van der Waals surface area contributed by atoms with Gasteiger partial charge in [-0.1, -0.05) is 24.3 Å². The van der Waals surface area contributed by atoms with Crippen LogP contribution in [-0.4, -0.2) is 29.3 Å². The van der Waals surface area contributed by atoms with E-state index in [2.05, 4.69) is 0 Å². The number of carboxylic acids is 2. The number of methoxy groups -OCH3 is 1. The first-order valence-corrected chi connectivity index (χ1v) is 5.03. The van der Waals surface area contributed by atoms with Crippen LogP contribution in [0, 0.1) is 0 Å². The van der Waals surface area contributed by atoms with E-state index in [0.29, 0.717) is 5.75 Å². The largest absolute Gasteiger partial charge is 0.497 e. The Labute approximate surface area is 104 Å². The molecule has 0 heterocycles. The van der Waals surface area contributed by atoms with Gasteiger partial charge in [0.1, 0.15) is 11.3 Å². The number of carbonyl (C=O) groups is 2. The lowest BCUT2D eigenvalue weighted by molar-refractivity contribution is -0.140. The van der Waals surface area contributed by atoms with Crippen molar-refractivity contribution in [2.45, 2.75) is 0 Å². The van der Waals surface area contributed by atoms with Crippen LogP contribution in [0.15, 0.2) is 42.0 Å². The van der Waals surface area contributed by atoms with Crippen molar-refractivity contribution in [2.75, 3.05) is 7.11 Å². The van der Waals surface area contributed by atoms with E-state index < -0.39 is 17.5 Å². The van der Waals surface area contributed by atoms with Gasteiger partial charge in [0.05, 0.1) is 7.11 Å². The molecule has 1 aromatic rings. The minimum absolute atomic E-state index is 0.665. The van der Waals surface area contributed by atoms with Crippen LogP contribution in [0.2, 0.25) is 0 Å². The van der Waals surface area contributed by atoms with Gasteiger partial charge in [0, 0.05) is 0 Å². The summed E-state index contributed by atoms with van der Waals surface area (Å²) in [4.78, 5) is 21.2. The number of carboxylic acid groups (broad SMARTS) is 2. The summed E-state index contributed by atoms with van der Waals surface area (Å²) in [5.74, 6) is -2.28. The van der Waals surface area contributed by atoms with E-state index in [1.807, 2.05) is 0 Å². The van der Waals surface area contributed by atoms with Gasteiger partial charge in [0.25, 0.3) is 0 Å². The number of ether oxygens (including phenoxy) is 1. The first-order valence-electron chi connectivity index (χ1n) is 5.03. The molecule has 94 valence electrons. The molecule has 1 aromatic carbocycles. The fraction of sp³-hybridized carbons (Fsp3) is 0.0769. The van der Waals surface area contributed by atoms with E-state index in [9.17, 15) is 9.59 Å². The average Bonchev–Trinajstić information content (AvgIpc) is 2.34. The van der Waals surface area contributed by atoms with Crippen LogP contribution in [0.5, 0.6) is 5.75 Å². The molecule has 0 aliphatic rings. The predicted octanol–water partition coefficient (Wildman–Crippen LogP) is 1.80. The maximum atomic E-state index is 10.6. The van der Waals surface area contributed by atoms with Gasteiger partial charge in [-0.3, -0.25) is 0 Å². The summed E-state index contributed by atoms with van der Waals surface area (Å²) in [6.45, 7) is 0. The van der Waals surface area contributed by atoms with Crippen molar-refractivity contribution >= 4 is 18.0 Å². The lowest BCUT2D eigenvalue weighted by Gasteiger charge is -1.99. The number of hydrogen-bond donors (Lipinski definition) is 2. The smallest absolute Gasteiger partial charge is 0.343 e. The second-order valence-corrected chi connectivity index (χ2v) is 3.33. The number of hydrogen-bond acceptors (Lipinski definition) is 3. The predicted molar refractivity (Wildman–Crippen MR) is 65.4 cm³/mol. The Balaban J connectivity index is 2.89. The Morgan fingerprint density at radius 1 is 1.22 bits per heavy atom. The molecular weight excluding hydrogens is 236 g/mol. The molecule has 0 atom stereocenters. The van der Waals surface area contributed by atoms with E-state index in [4.69, 9.17) is 14.9 Å². The molecule has 2 N–H and O–H groups in total. The zero-order valence-corrected chi connectivity index (χ0v) is 9.66. The second kappa shape index (κ2) is 6.24. The van der Waals surface area contributed by atoms with Crippen LogP contribution >= 0.6 is 0 Å². The van der Waals surface area contributed by atoms with Crippen LogP contribution < -0.4 is 4.74 Å². The van der Waals surface area contributed by atoms with Crippen LogP contribution in [0.1, 0.15) is 5.56 Å². The highest BCUT2D eigenvalue weighted by Gasteiger charge is 2.13. The summed E-state index contributed by atoms with van der Waals surface area (Å²) in [5, 5.41) is 17.2. The summed E-state index contributed by atoms with van der Waals surface area (Å²) in [6.07, 6.45) is 3.99. The molecular formula is C13H12O5. The number of benzene rings is 1. The number of allylic oxidation sites excluding steroid dienone is 2. The van der Waals surface area contributed by atoms with Gasteiger partial charge in [-0.15, -0.1) is 0 Å². The van der Waals surface area contributed by atoms with Crippen molar-refractivity contribution in [1.82, 2.24) is 0 Å². The third-order valence-electron chi connectivity index (χ3n) is 2.11. The van der Waals surface area contributed by atoms with Gasteiger partial charge >= 0.3 is 11.9 Å². The van der Waals surface area contributed by atoms with E-state index in [1.165, 1.54) is 13.2 Å². The van der Waals surface area contributed by atoms with Gasteiger partial charge < -0.3 is 14.9 Å². The first kappa shape index (κ1) is 13.5. The fourth-order valence-corrected chi connectivity index (χ4v) is 1.23. The molecule has 0 aromatic heterocycles. The maximum absolute atomic E-state index is 10.6. The molecule has 0 amide bonds. The van der Waals surface area contributed by atoms with Crippen molar-refractivity contribution in [2.24, 2.45) is 0 Å². The first-order chi connectivity index (χ1) is 8.54. The van der Waals surface area contributed by atoms with Crippen molar-refractivity contribution in [1.29, 1.82) is 0 Å². The molecule has 0 radical (unpaired) electrons. The van der Waals surface area contributed by atoms with Crippen LogP contribution in [0.4, 0.5) is 0 Å². The van der Waals surface area contributed by atoms with Gasteiger partial charge in [0.15, 0.2) is 0 Å². The van der Waals surface area contributed by atoms with Crippen LogP contribution in [0.3, 0.4) is 0 Å². The Bertz CT molecular complexity index is 498. The summed E-state index contributed by atoms with van der Waals surface area (Å²) in [6, 6.07) is 7.07. The average molecular weight is 248 g/mol. The molecule has 0 fully saturated rings. The number of aliphatic carboxylic acids is 2. The zero-order valence-electron chi connectivity index (χ0n) is 9.66. The molecule has 0 aliphatic carbocycles. The van der Waals surface area contributed by atoms with Gasteiger partial charge in [-0.05, 0) is 23.8 Å². The molecule has 0 saturated carbocycles. The molecule has 5 heteroatoms. The summed E-state index contributed by atoms with van der Waals surface area (Å²) in [5.41, 5.74) is 0.0925. The molecule has 0 bridgehead atoms. The molecule has 18 heavy (non-hydrogen) atoms. The molecule has 1 rings (SSSR count). The minimum atomic E-state index is -1.47. The second-order valence-electron chi connectivity index (χ2n) is 3.33. The van der Waals surface area contributed by atoms with Gasteiger partial charge in [0.2, 0.25) is 0 Å². The van der Waals surface area contributed by atoms with Crippen molar-refractivity contribution in [3.8, 4) is 5.75 Å². The Morgan fingerprint density at radius 2 is 1.89 bits per heavy atom. The normalized spacial score (nSPS) is 10.1. The molecule has 5 nitrogen and oxygen atoms in total. The van der Waals surface area contributed by atoms with Gasteiger partial charge in [-0.2, -0.15) is 0 Å². The molecule has 0 spiro atoms. The molecule has 0 unspecified atom stereocenters. The molecule has 0 aliphatic heterocycles. The highest BCUT2D eigenvalue weighted by molar-refractivity contribution is 6.12. The van der Waals surface area contributed by atoms with E-state index in [0.717, 1.165) is 11.6 Å². The fourth-order valence-electron chi connectivity index (χ4n) is 1.23. The van der Waals surface area contributed by atoms with E-state index in [-0.39, 0.29) is 0 Å². The monoisotopic (exact) mass is 248 g/mol. The highest BCUT2D eigenvalue weighted by Crippen LogP contribution is 2.13. The zero-order chi connectivity index (χ0) is 13.5. The van der Waals surface area contributed by atoms with Crippen molar-refractivity contribution in [3.05, 3.63) is 47.6 Å². The van der Waals surface area contributed by atoms with Gasteiger partial charge in [-0.25, -0.2) is 9.59 Å². The third kappa shape index (κ3) is 3.79. The third-order valence-corrected chi connectivity index (χ3v) is 2.11. The summed E-state index contributed by atoms with van der Waals surface area (Å²) in [7, 11) is 1.54. The Hall–Kier alpha value is -2.56. The number of rotatable bonds is 5.